The number of amides is 1. The van der Waals surface area contributed by atoms with Crippen molar-refractivity contribution in [1.82, 2.24) is 19.7 Å². The molecule has 0 aliphatic carbocycles. The van der Waals surface area contributed by atoms with Crippen molar-refractivity contribution in [1.29, 1.82) is 0 Å². The maximum atomic E-state index is 14.0. The largest absolute Gasteiger partial charge is 0.454 e. The standard InChI is InChI=1S/C27H24FN5O3/c1-2-6-23(34)32-14-5-7-17(15-32)20-16-33(25-24(20)27(35)31-30-26(25)29)18-10-12-19(13-11-18)36-22-9-4-3-8-21(22)28/h3-4,8-13,16-17H,5,7,14-15H2,1H3,(H2,29,30)(H,31,35)/t17-/m1/s1. The Balaban J connectivity index is 1.53. The van der Waals surface area contributed by atoms with Crippen LogP contribution in [0.15, 0.2) is 59.5 Å². The molecule has 36 heavy (non-hydrogen) atoms. The Labute approximate surface area is 206 Å². The van der Waals surface area contributed by atoms with Gasteiger partial charge in [0, 0.05) is 30.9 Å². The predicted octanol–water partition coefficient (Wildman–Crippen LogP) is 3.96. The van der Waals surface area contributed by atoms with E-state index in [4.69, 9.17) is 10.5 Å². The molecule has 3 heterocycles. The molecule has 1 atom stereocenters. The normalized spacial score (nSPS) is 15.4. The summed E-state index contributed by atoms with van der Waals surface area (Å²) in [5.41, 5.74) is 7.90. The second-order valence-electron chi connectivity index (χ2n) is 8.61. The average Bonchev–Trinajstić information content (AvgIpc) is 3.30. The zero-order valence-corrected chi connectivity index (χ0v) is 19.6. The number of nitrogens with one attached hydrogen (secondary N) is 1. The Bertz CT molecular complexity index is 1560. The number of H-pyrrole nitrogens is 1. The number of piperidine rings is 1. The summed E-state index contributed by atoms with van der Waals surface area (Å²) >= 11 is 0. The maximum Gasteiger partial charge on any atom is 0.298 e. The molecule has 0 saturated carbocycles. The van der Waals surface area contributed by atoms with Crippen molar-refractivity contribution in [2.75, 3.05) is 18.8 Å². The molecule has 4 aromatic rings. The maximum absolute atomic E-state index is 14.0. The Morgan fingerprint density at radius 3 is 2.75 bits per heavy atom. The van der Waals surface area contributed by atoms with Gasteiger partial charge in [0.25, 0.3) is 11.5 Å². The van der Waals surface area contributed by atoms with Gasteiger partial charge in [-0.15, -0.1) is 0 Å². The topological polar surface area (TPSA) is 106 Å². The number of nitrogen functional groups attached to an aromatic ring is 1. The summed E-state index contributed by atoms with van der Waals surface area (Å²) in [6.45, 7) is 2.73. The number of nitrogens with two attached hydrogens (primary N) is 1. The number of benzene rings is 2. The molecular formula is C27H24FN5O3. The number of hydrogen-bond acceptors (Lipinski definition) is 5. The van der Waals surface area contributed by atoms with Crippen LogP contribution in [0.1, 0.15) is 31.2 Å². The third-order valence-electron chi connectivity index (χ3n) is 6.34. The highest BCUT2D eigenvalue weighted by atomic mass is 19.1. The minimum absolute atomic E-state index is 0.0586. The summed E-state index contributed by atoms with van der Waals surface area (Å²) in [5, 5.41) is 6.91. The van der Waals surface area contributed by atoms with Gasteiger partial charge in [0.15, 0.2) is 17.4 Å². The van der Waals surface area contributed by atoms with E-state index < -0.39 is 5.82 Å². The Kier molecular flexibility index (Phi) is 6.17. The van der Waals surface area contributed by atoms with Crippen molar-refractivity contribution in [2.24, 2.45) is 0 Å². The molecule has 1 amide bonds. The zero-order valence-electron chi connectivity index (χ0n) is 19.6. The van der Waals surface area contributed by atoms with Gasteiger partial charge in [0.1, 0.15) is 11.3 Å². The van der Waals surface area contributed by atoms with Crippen LogP contribution in [0.5, 0.6) is 11.5 Å². The van der Waals surface area contributed by atoms with Crippen LogP contribution in [-0.2, 0) is 4.79 Å². The summed E-state index contributed by atoms with van der Waals surface area (Å²) in [4.78, 5) is 27.0. The molecule has 2 aromatic carbocycles. The molecule has 0 radical (unpaired) electrons. The van der Waals surface area contributed by atoms with Crippen LogP contribution in [-0.4, -0.2) is 38.7 Å². The van der Waals surface area contributed by atoms with Gasteiger partial charge in [-0.3, -0.25) is 9.59 Å². The number of anilines is 1. The first kappa shape index (κ1) is 23.2. The molecule has 9 heteroatoms. The Morgan fingerprint density at radius 1 is 1.22 bits per heavy atom. The smallest absolute Gasteiger partial charge is 0.298 e. The summed E-state index contributed by atoms with van der Waals surface area (Å²) in [6, 6.07) is 13.2. The quantitative estimate of drug-likeness (QED) is 0.426. The van der Waals surface area contributed by atoms with Crippen LogP contribution in [0.25, 0.3) is 16.6 Å². The predicted molar refractivity (Wildman–Crippen MR) is 135 cm³/mol. The highest BCUT2D eigenvalue weighted by Crippen LogP contribution is 2.35. The zero-order chi connectivity index (χ0) is 25.2. The summed E-state index contributed by atoms with van der Waals surface area (Å²) in [7, 11) is 0. The lowest BCUT2D eigenvalue weighted by Crippen LogP contribution is -2.38. The van der Waals surface area contributed by atoms with Crippen LogP contribution in [0.4, 0.5) is 10.2 Å². The van der Waals surface area contributed by atoms with E-state index in [2.05, 4.69) is 22.0 Å². The fraction of sp³-hybridized carbons (Fsp3) is 0.222. The molecule has 0 unspecified atom stereocenters. The van der Waals surface area contributed by atoms with Crippen LogP contribution < -0.4 is 16.0 Å². The highest BCUT2D eigenvalue weighted by molar-refractivity contribution is 5.94. The first-order valence-electron chi connectivity index (χ1n) is 11.6. The number of halogens is 1. The molecular weight excluding hydrogens is 461 g/mol. The molecule has 0 spiro atoms. The number of nitrogens with zero attached hydrogens (tertiary/aromatic N) is 3. The van der Waals surface area contributed by atoms with E-state index in [0.717, 1.165) is 24.1 Å². The molecule has 1 fully saturated rings. The first-order valence-corrected chi connectivity index (χ1v) is 11.6. The van der Waals surface area contributed by atoms with E-state index in [-0.39, 0.29) is 29.0 Å². The van der Waals surface area contributed by atoms with Gasteiger partial charge in [-0.2, -0.15) is 5.10 Å². The molecule has 5 rings (SSSR count). The molecule has 2 aromatic heterocycles. The van der Waals surface area contributed by atoms with Crippen LogP contribution in [0.2, 0.25) is 0 Å². The third-order valence-corrected chi connectivity index (χ3v) is 6.34. The van der Waals surface area contributed by atoms with Crippen LogP contribution in [0, 0.1) is 17.7 Å². The van der Waals surface area contributed by atoms with Crippen LogP contribution in [0.3, 0.4) is 0 Å². The minimum atomic E-state index is -0.453. The van der Waals surface area contributed by atoms with Gasteiger partial charge in [0.2, 0.25) is 0 Å². The number of carbonyl (C=O) groups excluding carboxylic acids is 1. The lowest BCUT2D eigenvalue weighted by Gasteiger charge is -2.31. The Hall–Kier alpha value is -4.58. The molecule has 3 N–H and O–H groups in total. The van der Waals surface area contributed by atoms with Crippen molar-refractivity contribution in [3.63, 3.8) is 0 Å². The van der Waals surface area contributed by atoms with Gasteiger partial charge in [-0.1, -0.05) is 18.1 Å². The Morgan fingerprint density at radius 2 is 2.00 bits per heavy atom. The second kappa shape index (κ2) is 9.58. The third kappa shape index (κ3) is 4.29. The molecule has 1 aliphatic heterocycles. The number of hydrogen-bond donors (Lipinski definition) is 2. The lowest BCUT2D eigenvalue weighted by atomic mass is 9.90. The summed E-state index contributed by atoms with van der Waals surface area (Å²) in [5.74, 6) is 5.30. The molecule has 182 valence electrons. The monoisotopic (exact) mass is 485 g/mol. The number of para-hydroxylation sites is 1. The van der Waals surface area contributed by atoms with Crippen molar-refractivity contribution in [3.8, 4) is 29.0 Å². The van der Waals surface area contributed by atoms with Crippen molar-refractivity contribution in [2.45, 2.75) is 25.7 Å². The number of aromatic nitrogens is 3. The van der Waals surface area contributed by atoms with Crippen molar-refractivity contribution < 1.29 is 13.9 Å². The van der Waals surface area contributed by atoms with E-state index in [9.17, 15) is 14.0 Å². The molecule has 8 nitrogen and oxygen atoms in total. The fourth-order valence-corrected chi connectivity index (χ4v) is 4.68. The number of aromatic amines is 1. The van der Waals surface area contributed by atoms with Gasteiger partial charge in [-0.05, 0) is 67.6 Å². The number of likely N-dealkylation sites (tertiary alicyclic amines) is 1. The summed E-state index contributed by atoms with van der Waals surface area (Å²) < 4.78 is 21.4. The number of carbonyl (C=O) groups is 1. The van der Waals surface area contributed by atoms with E-state index in [1.807, 2.05) is 10.8 Å². The van der Waals surface area contributed by atoms with Gasteiger partial charge >= 0.3 is 0 Å². The van der Waals surface area contributed by atoms with Crippen LogP contribution >= 0.6 is 0 Å². The van der Waals surface area contributed by atoms with E-state index in [0.29, 0.717) is 29.7 Å². The summed E-state index contributed by atoms with van der Waals surface area (Å²) in [6.07, 6.45) is 3.50. The molecule has 0 bridgehead atoms. The minimum Gasteiger partial charge on any atom is -0.454 e. The number of fused-ring (bicyclic) bond motifs is 1. The van der Waals surface area contributed by atoms with Gasteiger partial charge < -0.3 is 19.9 Å². The van der Waals surface area contributed by atoms with E-state index >= 15 is 0 Å². The van der Waals surface area contributed by atoms with E-state index in [1.54, 1.807) is 54.3 Å². The highest BCUT2D eigenvalue weighted by Gasteiger charge is 2.28. The SMILES string of the molecule is CC#CC(=O)N1CCC[C@@H](c2cn(-c3ccc(Oc4ccccc4F)cc3)c3c(N)n[nH]c(=O)c23)C1. The van der Waals surface area contributed by atoms with Gasteiger partial charge in [-0.25, -0.2) is 9.49 Å². The lowest BCUT2D eigenvalue weighted by molar-refractivity contribution is -0.126. The first-order chi connectivity index (χ1) is 17.5. The molecule has 1 saturated heterocycles. The van der Waals surface area contributed by atoms with Crippen molar-refractivity contribution in [3.05, 3.63) is 76.5 Å². The molecule has 1 aliphatic rings. The fourth-order valence-electron chi connectivity index (χ4n) is 4.68. The second-order valence-corrected chi connectivity index (χ2v) is 8.61. The number of ether oxygens (including phenoxy) is 1. The number of rotatable bonds is 4. The van der Waals surface area contributed by atoms with Gasteiger partial charge in [0.05, 0.1) is 5.39 Å². The van der Waals surface area contributed by atoms with Crippen molar-refractivity contribution >= 4 is 22.6 Å². The van der Waals surface area contributed by atoms with E-state index in [1.165, 1.54) is 6.07 Å². The average molecular weight is 486 g/mol.